The number of aromatic nitrogens is 2. The molecule has 0 atom stereocenters. The molecule has 1 aromatic heterocycles. The Bertz CT molecular complexity index is 403. The van der Waals surface area contributed by atoms with Crippen molar-refractivity contribution in [2.75, 3.05) is 17.8 Å². The van der Waals surface area contributed by atoms with E-state index in [0.29, 0.717) is 6.04 Å². The van der Waals surface area contributed by atoms with E-state index in [1.54, 1.807) is 11.8 Å². The van der Waals surface area contributed by atoms with Gasteiger partial charge in [0.25, 0.3) is 0 Å². The lowest BCUT2D eigenvalue weighted by Gasteiger charge is -2.35. The van der Waals surface area contributed by atoms with Gasteiger partial charge in [-0.2, -0.15) is 0 Å². The summed E-state index contributed by atoms with van der Waals surface area (Å²) in [5.74, 6) is 1.16. The van der Waals surface area contributed by atoms with Gasteiger partial charge in [-0.05, 0) is 19.1 Å². The van der Waals surface area contributed by atoms with Crippen LogP contribution in [0.3, 0.4) is 0 Å². The third-order valence-electron chi connectivity index (χ3n) is 3.64. The number of nitrogens with zero attached hydrogens (tertiary/aromatic N) is 3. The summed E-state index contributed by atoms with van der Waals surface area (Å²) in [5, 5.41) is 4.33. The number of fused-ring (bicyclic) bond motifs is 1. The molecule has 0 unspecified atom stereocenters. The van der Waals surface area contributed by atoms with Crippen molar-refractivity contribution in [3.63, 3.8) is 0 Å². The van der Waals surface area contributed by atoms with Crippen molar-refractivity contribution >= 4 is 17.6 Å². The monoisotopic (exact) mass is 250 g/mol. The molecule has 0 amide bonds. The van der Waals surface area contributed by atoms with E-state index >= 15 is 0 Å². The fourth-order valence-electron chi connectivity index (χ4n) is 2.76. The maximum Gasteiger partial charge on any atom is 0.189 e. The SMILES string of the molecule is CSc1ncc2c(n1)N(C1CCCC1)CNC2. The van der Waals surface area contributed by atoms with Crippen LogP contribution in [0.4, 0.5) is 5.82 Å². The van der Waals surface area contributed by atoms with Gasteiger partial charge in [0, 0.05) is 24.3 Å². The zero-order valence-electron chi connectivity index (χ0n) is 10.1. The van der Waals surface area contributed by atoms with Gasteiger partial charge in [-0.25, -0.2) is 9.97 Å². The Kier molecular flexibility index (Phi) is 3.20. The van der Waals surface area contributed by atoms with Crippen LogP contribution < -0.4 is 10.2 Å². The summed E-state index contributed by atoms with van der Waals surface area (Å²) >= 11 is 1.62. The summed E-state index contributed by atoms with van der Waals surface area (Å²) in [7, 11) is 0. The maximum atomic E-state index is 4.70. The lowest BCUT2D eigenvalue weighted by atomic mass is 10.1. The van der Waals surface area contributed by atoms with Crippen LogP contribution in [-0.4, -0.2) is 28.9 Å². The molecule has 0 bridgehead atoms. The Morgan fingerprint density at radius 2 is 2.24 bits per heavy atom. The van der Waals surface area contributed by atoms with Crippen LogP contribution in [0.2, 0.25) is 0 Å². The first-order valence-corrected chi connectivity index (χ1v) is 7.48. The van der Waals surface area contributed by atoms with Gasteiger partial charge in [0.2, 0.25) is 0 Å². The van der Waals surface area contributed by atoms with Crippen LogP contribution in [-0.2, 0) is 6.54 Å². The molecule has 17 heavy (non-hydrogen) atoms. The van der Waals surface area contributed by atoms with E-state index < -0.39 is 0 Å². The topological polar surface area (TPSA) is 41.1 Å². The van der Waals surface area contributed by atoms with Crippen molar-refractivity contribution < 1.29 is 0 Å². The first kappa shape index (κ1) is 11.3. The van der Waals surface area contributed by atoms with Crippen molar-refractivity contribution in [2.24, 2.45) is 0 Å². The molecule has 5 heteroatoms. The average molecular weight is 250 g/mol. The van der Waals surface area contributed by atoms with Crippen molar-refractivity contribution in [1.82, 2.24) is 15.3 Å². The quantitative estimate of drug-likeness (QED) is 0.642. The molecule has 1 aliphatic heterocycles. The number of hydrogen-bond donors (Lipinski definition) is 1. The Balaban J connectivity index is 1.93. The predicted molar refractivity (Wildman–Crippen MR) is 70.3 cm³/mol. The molecule has 0 saturated heterocycles. The van der Waals surface area contributed by atoms with Gasteiger partial charge in [-0.3, -0.25) is 5.32 Å². The highest BCUT2D eigenvalue weighted by Crippen LogP contribution is 2.31. The third kappa shape index (κ3) is 2.13. The summed E-state index contributed by atoms with van der Waals surface area (Å²) in [6.07, 6.45) is 9.33. The van der Waals surface area contributed by atoms with E-state index in [0.717, 1.165) is 24.2 Å². The Morgan fingerprint density at radius 1 is 1.41 bits per heavy atom. The fourth-order valence-corrected chi connectivity index (χ4v) is 3.09. The Labute approximate surface area is 106 Å². The lowest BCUT2D eigenvalue weighted by Crippen LogP contribution is -2.45. The molecule has 0 radical (unpaired) electrons. The molecule has 92 valence electrons. The van der Waals surface area contributed by atoms with Gasteiger partial charge in [0.15, 0.2) is 5.16 Å². The zero-order valence-corrected chi connectivity index (χ0v) is 11.0. The first-order chi connectivity index (χ1) is 8.38. The van der Waals surface area contributed by atoms with Crippen LogP contribution in [0.1, 0.15) is 31.2 Å². The number of thioether (sulfide) groups is 1. The second-order valence-corrected chi connectivity index (χ2v) is 5.47. The lowest BCUT2D eigenvalue weighted by molar-refractivity contribution is 0.519. The summed E-state index contributed by atoms with van der Waals surface area (Å²) in [6, 6.07) is 0.672. The van der Waals surface area contributed by atoms with E-state index in [4.69, 9.17) is 4.98 Å². The van der Waals surface area contributed by atoms with E-state index in [-0.39, 0.29) is 0 Å². The van der Waals surface area contributed by atoms with Crippen LogP contribution in [0.15, 0.2) is 11.4 Å². The molecule has 2 aliphatic rings. The highest BCUT2D eigenvalue weighted by Gasteiger charge is 2.28. The second-order valence-electron chi connectivity index (χ2n) is 4.70. The first-order valence-electron chi connectivity index (χ1n) is 6.26. The van der Waals surface area contributed by atoms with E-state index in [1.807, 2.05) is 12.5 Å². The normalized spacial score (nSPS) is 20.6. The van der Waals surface area contributed by atoms with Gasteiger partial charge in [-0.1, -0.05) is 24.6 Å². The third-order valence-corrected chi connectivity index (χ3v) is 4.20. The molecule has 1 fully saturated rings. The predicted octanol–water partition coefficient (Wildman–Crippen LogP) is 2.01. The molecular formula is C12H18N4S. The summed E-state index contributed by atoms with van der Waals surface area (Å²) in [6.45, 7) is 1.83. The Morgan fingerprint density at radius 3 is 3.00 bits per heavy atom. The molecular weight excluding hydrogens is 232 g/mol. The number of nitrogens with one attached hydrogen (secondary N) is 1. The number of rotatable bonds is 2. The minimum absolute atomic E-state index is 0.672. The van der Waals surface area contributed by atoms with Crippen molar-refractivity contribution in [3.8, 4) is 0 Å². The molecule has 1 aliphatic carbocycles. The standard InChI is InChI=1S/C12H18N4S/c1-17-12-14-7-9-6-13-8-16(11(9)15-12)10-4-2-3-5-10/h7,10,13H,2-6,8H2,1H3. The van der Waals surface area contributed by atoms with Crippen LogP contribution in [0.5, 0.6) is 0 Å². The average Bonchev–Trinajstić information content (AvgIpc) is 2.91. The highest BCUT2D eigenvalue weighted by atomic mass is 32.2. The minimum atomic E-state index is 0.672. The largest absolute Gasteiger partial charge is 0.340 e. The zero-order chi connectivity index (χ0) is 11.7. The summed E-state index contributed by atoms with van der Waals surface area (Å²) < 4.78 is 0. The molecule has 1 N–H and O–H groups in total. The van der Waals surface area contributed by atoms with E-state index in [1.165, 1.54) is 31.2 Å². The van der Waals surface area contributed by atoms with E-state index in [2.05, 4.69) is 15.2 Å². The summed E-state index contributed by atoms with van der Waals surface area (Å²) in [5.41, 5.74) is 1.24. The molecule has 0 aromatic carbocycles. The van der Waals surface area contributed by atoms with Gasteiger partial charge in [0.05, 0.1) is 6.67 Å². The van der Waals surface area contributed by atoms with Crippen LogP contribution in [0.25, 0.3) is 0 Å². The smallest absolute Gasteiger partial charge is 0.189 e. The molecule has 2 heterocycles. The van der Waals surface area contributed by atoms with Gasteiger partial charge < -0.3 is 4.90 Å². The molecule has 1 aromatic rings. The maximum absolute atomic E-state index is 4.70. The van der Waals surface area contributed by atoms with Gasteiger partial charge in [-0.15, -0.1) is 0 Å². The van der Waals surface area contributed by atoms with E-state index in [9.17, 15) is 0 Å². The van der Waals surface area contributed by atoms with Gasteiger partial charge in [0.1, 0.15) is 5.82 Å². The fraction of sp³-hybridized carbons (Fsp3) is 0.667. The highest BCUT2D eigenvalue weighted by molar-refractivity contribution is 7.98. The molecule has 0 spiro atoms. The minimum Gasteiger partial charge on any atom is -0.340 e. The van der Waals surface area contributed by atoms with Gasteiger partial charge >= 0.3 is 0 Å². The number of hydrogen-bond acceptors (Lipinski definition) is 5. The molecule has 3 rings (SSSR count). The van der Waals surface area contributed by atoms with Crippen molar-refractivity contribution in [2.45, 2.75) is 43.4 Å². The Hall–Kier alpha value is -0.810. The van der Waals surface area contributed by atoms with Crippen LogP contribution in [0, 0.1) is 0 Å². The second kappa shape index (κ2) is 4.82. The van der Waals surface area contributed by atoms with Crippen LogP contribution >= 0.6 is 11.8 Å². The van der Waals surface area contributed by atoms with Crippen molar-refractivity contribution in [3.05, 3.63) is 11.8 Å². The number of anilines is 1. The molecule has 1 saturated carbocycles. The molecule has 4 nitrogen and oxygen atoms in total. The van der Waals surface area contributed by atoms with Crippen molar-refractivity contribution in [1.29, 1.82) is 0 Å². The summed E-state index contributed by atoms with van der Waals surface area (Å²) in [4.78, 5) is 11.5.